The molecule has 0 saturated carbocycles. The molecular formula is C6H9ClO4. The highest BCUT2D eigenvalue weighted by Crippen LogP contribution is 1.96. The summed E-state index contributed by atoms with van der Waals surface area (Å²) < 4.78 is 4.13. The summed E-state index contributed by atoms with van der Waals surface area (Å²) in [4.78, 5) is 20.7. The zero-order valence-corrected chi connectivity index (χ0v) is 6.80. The fraction of sp³-hybridized carbons (Fsp3) is 0.667. The van der Waals surface area contributed by atoms with Gasteiger partial charge >= 0.3 is 11.9 Å². The molecule has 0 aromatic carbocycles. The van der Waals surface area contributed by atoms with Gasteiger partial charge in [0.2, 0.25) is 0 Å². The van der Waals surface area contributed by atoms with E-state index < -0.39 is 18.0 Å². The van der Waals surface area contributed by atoms with Crippen molar-refractivity contribution in [3.63, 3.8) is 0 Å². The summed E-state index contributed by atoms with van der Waals surface area (Å²) in [5, 5.41) is 8.80. The van der Waals surface area contributed by atoms with E-state index in [1.54, 1.807) is 0 Å². The first kappa shape index (κ1) is 10.4. The number of carbonyl (C=O) groups excluding carboxylic acids is 2. The van der Waals surface area contributed by atoms with E-state index in [2.05, 4.69) is 4.74 Å². The Morgan fingerprint density at radius 3 is 2.55 bits per heavy atom. The quantitative estimate of drug-likeness (QED) is 0.379. The molecule has 0 aromatic heterocycles. The van der Waals surface area contributed by atoms with Gasteiger partial charge < -0.3 is 9.84 Å². The number of aliphatic hydroxyl groups is 1. The van der Waals surface area contributed by atoms with E-state index in [1.807, 2.05) is 0 Å². The number of ether oxygens (including phenoxy) is 1. The van der Waals surface area contributed by atoms with Gasteiger partial charge in [-0.3, -0.25) is 9.59 Å². The van der Waals surface area contributed by atoms with Crippen molar-refractivity contribution in [3.05, 3.63) is 0 Å². The van der Waals surface area contributed by atoms with Crippen molar-refractivity contribution in [2.75, 3.05) is 5.88 Å². The molecule has 0 aliphatic heterocycles. The van der Waals surface area contributed by atoms with Gasteiger partial charge in [-0.15, -0.1) is 11.6 Å². The average Bonchev–Trinajstić information content (AvgIpc) is 1.85. The molecule has 0 aromatic rings. The highest BCUT2D eigenvalue weighted by Gasteiger charge is 2.11. The molecule has 1 N–H and O–H groups in total. The lowest BCUT2D eigenvalue weighted by Gasteiger charge is -2.03. The maximum absolute atomic E-state index is 10.6. The van der Waals surface area contributed by atoms with E-state index in [9.17, 15) is 9.59 Å². The molecule has 1 atom stereocenters. The van der Waals surface area contributed by atoms with Crippen LogP contribution in [0.4, 0.5) is 0 Å². The van der Waals surface area contributed by atoms with Gasteiger partial charge in [0.15, 0.2) is 0 Å². The molecule has 11 heavy (non-hydrogen) atoms. The van der Waals surface area contributed by atoms with Gasteiger partial charge in [0.05, 0.1) is 12.5 Å². The van der Waals surface area contributed by atoms with Crippen LogP contribution in [0.25, 0.3) is 0 Å². The number of esters is 2. The smallest absolute Gasteiger partial charge is 0.316 e. The van der Waals surface area contributed by atoms with Gasteiger partial charge in [-0.1, -0.05) is 0 Å². The molecule has 0 amide bonds. The molecule has 0 aliphatic rings. The van der Waals surface area contributed by atoms with Crippen LogP contribution in [-0.2, 0) is 14.3 Å². The number of hydrogen-bond acceptors (Lipinski definition) is 4. The lowest BCUT2D eigenvalue weighted by molar-refractivity contribution is -0.159. The predicted molar refractivity (Wildman–Crippen MR) is 38.1 cm³/mol. The van der Waals surface area contributed by atoms with Gasteiger partial charge in [0.25, 0.3) is 0 Å². The summed E-state index contributed by atoms with van der Waals surface area (Å²) in [6.45, 7) is 1.12. The largest absolute Gasteiger partial charge is 0.393 e. The van der Waals surface area contributed by atoms with Crippen LogP contribution in [0.3, 0.4) is 0 Å². The molecule has 0 heterocycles. The fourth-order valence-corrected chi connectivity index (χ4v) is 0.558. The first-order chi connectivity index (χ1) is 5.06. The van der Waals surface area contributed by atoms with Crippen molar-refractivity contribution in [1.29, 1.82) is 0 Å². The summed E-state index contributed by atoms with van der Waals surface area (Å²) >= 11 is 5.19. The second-order valence-electron chi connectivity index (χ2n) is 1.98. The summed E-state index contributed by atoms with van der Waals surface area (Å²) in [7, 11) is 0. The molecule has 1 unspecified atom stereocenters. The Morgan fingerprint density at radius 1 is 1.64 bits per heavy atom. The van der Waals surface area contributed by atoms with E-state index in [-0.39, 0.29) is 12.3 Å². The fourth-order valence-electron chi connectivity index (χ4n) is 0.449. The first-order valence-corrected chi connectivity index (χ1v) is 3.55. The van der Waals surface area contributed by atoms with Gasteiger partial charge in [0, 0.05) is 12.8 Å². The lowest BCUT2D eigenvalue weighted by atomic mass is 10.3. The molecule has 0 aliphatic carbocycles. The maximum Gasteiger partial charge on any atom is 0.316 e. The number of alkyl halides is 1. The second kappa shape index (κ2) is 5.09. The average molecular weight is 181 g/mol. The Balaban J connectivity index is 3.60. The zero-order valence-electron chi connectivity index (χ0n) is 6.04. The highest BCUT2D eigenvalue weighted by molar-refractivity contribution is 6.18. The SMILES string of the molecule is CC(=O)OC(=O)CC(O)CCl. The molecule has 0 fully saturated rings. The van der Waals surface area contributed by atoms with E-state index in [0.29, 0.717) is 0 Å². The molecule has 0 bridgehead atoms. The van der Waals surface area contributed by atoms with E-state index >= 15 is 0 Å². The van der Waals surface area contributed by atoms with Crippen molar-refractivity contribution in [2.24, 2.45) is 0 Å². The van der Waals surface area contributed by atoms with Crippen LogP contribution in [0.1, 0.15) is 13.3 Å². The van der Waals surface area contributed by atoms with Crippen molar-refractivity contribution in [1.82, 2.24) is 0 Å². The van der Waals surface area contributed by atoms with E-state index in [0.717, 1.165) is 6.92 Å². The standard InChI is InChI=1S/C6H9ClO4/c1-4(8)11-6(10)2-5(9)3-7/h5,9H,2-3H2,1H3. The number of hydrogen-bond donors (Lipinski definition) is 1. The van der Waals surface area contributed by atoms with Crippen LogP contribution >= 0.6 is 11.6 Å². The Labute approximate surface area is 69.1 Å². The van der Waals surface area contributed by atoms with Gasteiger partial charge in [-0.2, -0.15) is 0 Å². The molecular weight excluding hydrogens is 172 g/mol. The summed E-state index contributed by atoms with van der Waals surface area (Å²) in [6, 6.07) is 0. The number of halogens is 1. The van der Waals surface area contributed by atoms with Gasteiger partial charge in [-0.25, -0.2) is 0 Å². The summed E-state index contributed by atoms with van der Waals surface area (Å²) in [5.74, 6) is -1.49. The number of aliphatic hydroxyl groups excluding tert-OH is 1. The zero-order chi connectivity index (χ0) is 8.85. The molecule has 4 nitrogen and oxygen atoms in total. The number of rotatable bonds is 3. The Kier molecular flexibility index (Phi) is 4.81. The minimum atomic E-state index is -0.941. The van der Waals surface area contributed by atoms with Gasteiger partial charge in [-0.05, 0) is 0 Å². The second-order valence-corrected chi connectivity index (χ2v) is 2.29. The third kappa shape index (κ3) is 5.82. The van der Waals surface area contributed by atoms with Crippen molar-refractivity contribution >= 4 is 23.5 Å². The van der Waals surface area contributed by atoms with Crippen LogP contribution in [0.2, 0.25) is 0 Å². The van der Waals surface area contributed by atoms with E-state index in [1.165, 1.54) is 0 Å². The number of carbonyl (C=O) groups is 2. The topological polar surface area (TPSA) is 63.6 Å². The van der Waals surface area contributed by atoms with Crippen molar-refractivity contribution in [3.8, 4) is 0 Å². The molecule has 0 radical (unpaired) electrons. The first-order valence-electron chi connectivity index (χ1n) is 3.01. The van der Waals surface area contributed by atoms with E-state index in [4.69, 9.17) is 16.7 Å². The molecule has 0 spiro atoms. The van der Waals surface area contributed by atoms with Gasteiger partial charge in [0.1, 0.15) is 0 Å². The van der Waals surface area contributed by atoms with Crippen LogP contribution in [0.5, 0.6) is 0 Å². The Morgan fingerprint density at radius 2 is 2.18 bits per heavy atom. The lowest BCUT2D eigenvalue weighted by Crippen LogP contribution is -2.18. The normalized spacial score (nSPS) is 12.3. The van der Waals surface area contributed by atoms with Crippen LogP contribution in [0.15, 0.2) is 0 Å². The highest BCUT2D eigenvalue weighted by atomic mass is 35.5. The Bertz CT molecular complexity index is 157. The van der Waals surface area contributed by atoms with Crippen molar-refractivity contribution < 1.29 is 19.4 Å². The minimum absolute atomic E-state index is 0.0486. The summed E-state index contributed by atoms with van der Waals surface area (Å²) in [6.07, 6.45) is -1.19. The van der Waals surface area contributed by atoms with Crippen LogP contribution < -0.4 is 0 Å². The van der Waals surface area contributed by atoms with Crippen LogP contribution in [-0.4, -0.2) is 29.0 Å². The molecule has 0 saturated heterocycles. The third-order valence-corrected chi connectivity index (χ3v) is 1.19. The molecule has 64 valence electrons. The monoisotopic (exact) mass is 180 g/mol. The molecule has 0 rings (SSSR count). The molecule has 5 heteroatoms. The summed E-state index contributed by atoms with van der Waals surface area (Å²) in [5.41, 5.74) is 0. The van der Waals surface area contributed by atoms with Crippen LogP contribution in [0, 0.1) is 0 Å². The Hall–Kier alpha value is -0.610. The third-order valence-electron chi connectivity index (χ3n) is 0.838. The maximum atomic E-state index is 10.6. The predicted octanol–water partition coefficient (Wildman–Crippen LogP) is 0.0659. The minimum Gasteiger partial charge on any atom is -0.393 e. The van der Waals surface area contributed by atoms with Crippen molar-refractivity contribution in [2.45, 2.75) is 19.4 Å².